The Hall–Kier alpha value is -1.89. The van der Waals surface area contributed by atoms with E-state index in [0.717, 1.165) is 0 Å². The molecule has 0 aliphatic rings. The summed E-state index contributed by atoms with van der Waals surface area (Å²) < 4.78 is 156. The Labute approximate surface area is 156 Å². The minimum absolute atomic E-state index is 0.484. The Bertz CT molecular complexity index is 623. The maximum atomic E-state index is 12.9. The van der Waals surface area contributed by atoms with E-state index in [2.05, 4.69) is 11.3 Å². The first-order valence-corrected chi connectivity index (χ1v) is 7.31. The highest BCUT2D eigenvalue weighted by Gasteiger charge is 2.63. The number of carbonyl (C=O) groups is 1. The molecule has 0 aromatic heterocycles. The van der Waals surface area contributed by atoms with Gasteiger partial charge in [-0.15, -0.1) is 0 Å². The number of alkyl halides is 12. The number of rotatable bonds is 4. The summed E-state index contributed by atoms with van der Waals surface area (Å²) in [5.74, 6) is -10.8. The summed E-state index contributed by atoms with van der Waals surface area (Å²) in [7, 11) is 0. The summed E-state index contributed by atoms with van der Waals surface area (Å²) in [6.07, 6.45) is -27.0. The second-order valence-corrected chi connectivity index (χ2v) is 6.76. The van der Waals surface area contributed by atoms with Crippen LogP contribution in [-0.4, -0.2) is 30.7 Å². The molecule has 0 heterocycles. The van der Waals surface area contributed by atoms with Crippen molar-refractivity contribution in [1.82, 2.24) is 0 Å². The fourth-order valence-electron chi connectivity index (χ4n) is 1.74. The minimum atomic E-state index is -6.38. The molecule has 0 radical (unpaired) electrons. The molecule has 0 atom stereocenters. The summed E-state index contributed by atoms with van der Waals surface area (Å²) in [5, 5.41) is 0. The summed E-state index contributed by atoms with van der Waals surface area (Å²) in [6.45, 7) is 6.88. The van der Waals surface area contributed by atoms with Gasteiger partial charge in [0.05, 0.1) is 0 Å². The molecule has 170 valence electrons. The Kier molecular flexibility index (Phi) is 7.56. The lowest BCUT2D eigenvalue weighted by atomic mass is 9.84. The molecule has 0 rings (SSSR count). The number of halogens is 12. The standard InChI is InChI=1S/C15H14F12O2/c1-6(11(2,3)4)5-7(8(12(16,17)18)13(19,20)21)29-10(28)9(14(22,23)24)15(25,26)27/h9H,1,5H2,2-4H3. The molecule has 0 unspecified atom stereocenters. The van der Waals surface area contributed by atoms with E-state index in [0.29, 0.717) is 0 Å². The van der Waals surface area contributed by atoms with Crippen molar-refractivity contribution >= 4 is 5.97 Å². The van der Waals surface area contributed by atoms with Crippen LogP contribution in [0.2, 0.25) is 0 Å². The second kappa shape index (κ2) is 8.09. The van der Waals surface area contributed by atoms with Gasteiger partial charge in [-0.3, -0.25) is 4.79 Å². The molecule has 0 saturated heterocycles. The fraction of sp³-hybridized carbons (Fsp3) is 0.667. The van der Waals surface area contributed by atoms with Crippen LogP contribution in [0, 0.1) is 11.3 Å². The van der Waals surface area contributed by atoms with Gasteiger partial charge in [0.15, 0.2) is 5.57 Å². The quantitative estimate of drug-likeness (QED) is 0.206. The molecule has 2 nitrogen and oxygen atoms in total. The number of ether oxygens (including phenoxy) is 1. The molecule has 0 amide bonds. The highest BCUT2D eigenvalue weighted by atomic mass is 19.4. The largest absolute Gasteiger partial charge is 0.429 e. The molecule has 14 heteroatoms. The van der Waals surface area contributed by atoms with Gasteiger partial charge in [-0.25, -0.2) is 0 Å². The Morgan fingerprint density at radius 1 is 0.793 bits per heavy atom. The lowest BCUT2D eigenvalue weighted by Gasteiger charge is -2.27. The molecule has 0 aliphatic heterocycles. The van der Waals surface area contributed by atoms with Crippen molar-refractivity contribution in [2.24, 2.45) is 11.3 Å². The Morgan fingerprint density at radius 2 is 1.14 bits per heavy atom. The van der Waals surface area contributed by atoms with Crippen LogP contribution in [0.4, 0.5) is 52.7 Å². The van der Waals surface area contributed by atoms with Crippen LogP contribution in [0.25, 0.3) is 0 Å². The topological polar surface area (TPSA) is 26.3 Å². The van der Waals surface area contributed by atoms with Crippen molar-refractivity contribution < 1.29 is 62.2 Å². The first-order chi connectivity index (χ1) is 12.4. The average molecular weight is 454 g/mol. The highest BCUT2D eigenvalue weighted by Crippen LogP contribution is 2.45. The van der Waals surface area contributed by atoms with E-state index in [-0.39, 0.29) is 0 Å². The third-order valence-corrected chi connectivity index (χ3v) is 3.39. The zero-order chi connectivity index (χ0) is 23.8. The van der Waals surface area contributed by atoms with Crippen molar-refractivity contribution in [3.8, 4) is 0 Å². The van der Waals surface area contributed by atoms with Crippen molar-refractivity contribution in [2.45, 2.75) is 51.9 Å². The van der Waals surface area contributed by atoms with Gasteiger partial charge in [-0.05, 0) is 5.41 Å². The van der Waals surface area contributed by atoms with E-state index in [1.54, 1.807) is 0 Å². The molecule has 29 heavy (non-hydrogen) atoms. The van der Waals surface area contributed by atoms with Crippen molar-refractivity contribution in [3.63, 3.8) is 0 Å². The first-order valence-electron chi connectivity index (χ1n) is 7.31. The van der Waals surface area contributed by atoms with Gasteiger partial charge in [0.2, 0.25) is 5.92 Å². The van der Waals surface area contributed by atoms with Crippen LogP contribution in [0.1, 0.15) is 27.2 Å². The summed E-state index contributed by atoms with van der Waals surface area (Å²) in [5.41, 5.74) is -5.26. The summed E-state index contributed by atoms with van der Waals surface area (Å²) in [6, 6.07) is 0. The first kappa shape index (κ1) is 27.1. The molecule has 0 spiro atoms. The van der Waals surface area contributed by atoms with Crippen LogP contribution in [0.15, 0.2) is 23.5 Å². The van der Waals surface area contributed by atoms with E-state index >= 15 is 0 Å². The average Bonchev–Trinajstić information content (AvgIpc) is 2.28. The Morgan fingerprint density at radius 3 is 1.38 bits per heavy atom. The van der Waals surface area contributed by atoms with E-state index in [1.807, 2.05) is 0 Å². The normalized spacial score (nSPS) is 14.1. The van der Waals surface area contributed by atoms with E-state index in [4.69, 9.17) is 0 Å². The maximum Gasteiger partial charge on any atom is 0.424 e. The number of allylic oxidation sites excluding steroid dienone is 2. The Balaban J connectivity index is 6.59. The predicted molar refractivity (Wildman–Crippen MR) is 74.0 cm³/mol. The van der Waals surface area contributed by atoms with Gasteiger partial charge in [0.25, 0.3) is 0 Å². The second-order valence-electron chi connectivity index (χ2n) is 6.76. The zero-order valence-electron chi connectivity index (χ0n) is 14.8. The van der Waals surface area contributed by atoms with E-state index < -0.39 is 65.3 Å². The van der Waals surface area contributed by atoms with Gasteiger partial charge < -0.3 is 4.74 Å². The van der Waals surface area contributed by atoms with E-state index in [9.17, 15) is 57.5 Å². The van der Waals surface area contributed by atoms with Crippen LogP contribution >= 0.6 is 0 Å². The molecular weight excluding hydrogens is 440 g/mol. The predicted octanol–water partition coefficient (Wildman–Crippen LogP) is 6.64. The molecule has 0 fully saturated rings. The summed E-state index contributed by atoms with van der Waals surface area (Å²) >= 11 is 0. The lowest BCUT2D eigenvalue weighted by molar-refractivity contribution is -0.280. The number of esters is 1. The van der Waals surface area contributed by atoms with Gasteiger partial charge >= 0.3 is 30.7 Å². The number of hydrogen-bond donors (Lipinski definition) is 0. The van der Waals surface area contributed by atoms with Crippen LogP contribution in [-0.2, 0) is 9.53 Å². The lowest BCUT2D eigenvalue weighted by Crippen LogP contribution is -2.43. The monoisotopic (exact) mass is 454 g/mol. The van der Waals surface area contributed by atoms with Gasteiger partial charge in [0.1, 0.15) is 5.76 Å². The van der Waals surface area contributed by atoms with Gasteiger partial charge in [0, 0.05) is 6.42 Å². The molecule has 0 bridgehead atoms. The highest BCUT2D eigenvalue weighted by molar-refractivity contribution is 5.75. The van der Waals surface area contributed by atoms with Crippen LogP contribution < -0.4 is 0 Å². The van der Waals surface area contributed by atoms with Crippen molar-refractivity contribution in [1.29, 1.82) is 0 Å². The van der Waals surface area contributed by atoms with E-state index in [1.165, 1.54) is 20.8 Å². The molecule has 0 aromatic rings. The van der Waals surface area contributed by atoms with Gasteiger partial charge in [-0.2, -0.15) is 52.7 Å². The van der Waals surface area contributed by atoms with Crippen molar-refractivity contribution in [3.05, 3.63) is 23.5 Å². The molecule has 0 N–H and O–H groups in total. The molecule has 0 saturated carbocycles. The fourth-order valence-corrected chi connectivity index (χ4v) is 1.74. The van der Waals surface area contributed by atoms with Crippen LogP contribution in [0.5, 0.6) is 0 Å². The van der Waals surface area contributed by atoms with Gasteiger partial charge in [-0.1, -0.05) is 32.9 Å². The molecule has 0 aliphatic carbocycles. The maximum absolute atomic E-state index is 12.9. The molecule has 0 aromatic carbocycles. The zero-order valence-corrected chi connectivity index (χ0v) is 14.8. The third-order valence-electron chi connectivity index (χ3n) is 3.39. The number of carbonyl (C=O) groups excluding carboxylic acids is 1. The summed E-state index contributed by atoms with van der Waals surface area (Å²) in [4.78, 5) is 11.4. The SMILES string of the molecule is C=C(CC(OC(=O)C(C(F)(F)F)C(F)(F)F)=C(C(F)(F)F)C(F)(F)F)C(C)(C)C. The third kappa shape index (κ3) is 7.80. The smallest absolute Gasteiger partial charge is 0.424 e. The minimum Gasteiger partial charge on any atom is -0.429 e. The molecular formula is C15H14F12O2. The number of hydrogen-bond acceptors (Lipinski definition) is 2. The van der Waals surface area contributed by atoms with Crippen LogP contribution in [0.3, 0.4) is 0 Å². The van der Waals surface area contributed by atoms with Crippen molar-refractivity contribution in [2.75, 3.05) is 0 Å².